The summed E-state index contributed by atoms with van der Waals surface area (Å²) in [7, 11) is 1.66. The number of thiazole rings is 1. The van der Waals surface area contributed by atoms with Crippen LogP contribution in [0.1, 0.15) is 5.56 Å². The lowest BCUT2D eigenvalue weighted by atomic mass is 10.00. The fourth-order valence-electron chi connectivity index (χ4n) is 3.13. The minimum Gasteiger partial charge on any atom is -0.494 e. The second kappa shape index (κ2) is 7.33. The van der Waals surface area contributed by atoms with E-state index in [4.69, 9.17) is 4.74 Å². The van der Waals surface area contributed by atoms with Gasteiger partial charge < -0.3 is 15.0 Å². The standard InChI is InChI=1S/C20H21N3O2S/c1-25-16-8-5-9-17-18(16)22-20(26-17)23-12-15(13-23)19(24)21-11-10-14-6-3-2-4-7-14/h2-9,15H,10-13H2,1H3,(H,21,24). The molecule has 0 saturated carbocycles. The van der Waals surface area contributed by atoms with Crippen LogP contribution in [0.2, 0.25) is 0 Å². The Kier molecular flexibility index (Phi) is 4.75. The van der Waals surface area contributed by atoms with Gasteiger partial charge in [0, 0.05) is 19.6 Å². The summed E-state index contributed by atoms with van der Waals surface area (Å²) in [5.41, 5.74) is 2.14. The lowest BCUT2D eigenvalue weighted by Crippen LogP contribution is -2.54. The number of carbonyl (C=O) groups is 1. The minimum atomic E-state index is 0.0414. The Morgan fingerprint density at radius 1 is 1.23 bits per heavy atom. The first-order valence-corrected chi connectivity index (χ1v) is 9.56. The van der Waals surface area contributed by atoms with Crippen molar-refractivity contribution in [2.45, 2.75) is 6.42 Å². The Morgan fingerprint density at radius 2 is 2.04 bits per heavy atom. The van der Waals surface area contributed by atoms with Gasteiger partial charge in [-0.15, -0.1) is 0 Å². The van der Waals surface area contributed by atoms with Crippen molar-refractivity contribution in [3.63, 3.8) is 0 Å². The highest BCUT2D eigenvalue weighted by atomic mass is 32.1. The summed E-state index contributed by atoms with van der Waals surface area (Å²) in [5, 5.41) is 4.00. The van der Waals surface area contributed by atoms with E-state index in [9.17, 15) is 4.79 Å². The second-order valence-corrected chi connectivity index (χ2v) is 7.44. The first-order chi connectivity index (χ1) is 12.7. The molecular weight excluding hydrogens is 346 g/mol. The highest BCUT2D eigenvalue weighted by molar-refractivity contribution is 7.22. The molecule has 1 amide bonds. The van der Waals surface area contributed by atoms with Crippen molar-refractivity contribution in [3.8, 4) is 5.75 Å². The quantitative estimate of drug-likeness (QED) is 0.727. The van der Waals surface area contributed by atoms with Crippen molar-refractivity contribution in [2.24, 2.45) is 5.92 Å². The Labute approximate surface area is 156 Å². The molecule has 1 saturated heterocycles. The van der Waals surface area contributed by atoms with E-state index in [0.717, 1.165) is 40.6 Å². The number of methoxy groups -OCH3 is 1. The molecule has 6 heteroatoms. The Hall–Kier alpha value is -2.60. The smallest absolute Gasteiger partial charge is 0.226 e. The summed E-state index contributed by atoms with van der Waals surface area (Å²) in [6, 6.07) is 16.2. The van der Waals surface area contributed by atoms with E-state index in [1.807, 2.05) is 36.4 Å². The number of para-hydroxylation sites is 1. The molecule has 2 aromatic carbocycles. The molecule has 5 nitrogen and oxygen atoms in total. The predicted molar refractivity (Wildman–Crippen MR) is 105 cm³/mol. The largest absolute Gasteiger partial charge is 0.494 e. The van der Waals surface area contributed by atoms with E-state index in [2.05, 4.69) is 27.3 Å². The molecule has 0 radical (unpaired) electrons. The Morgan fingerprint density at radius 3 is 2.81 bits per heavy atom. The average molecular weight is 367 g/mol. The SMILES string of the molecule is COc1cccc2sc(N3CC(C(=O)NCCc4ccccc4)C3)nc12. The maximum atomic E-state index is 12.3. The summed E-state index contributed by atoms with van der Waals surface area (Å²) in [5.74, 6) is 0.969. The molecule has 2 heterocycles. The summed E-state index contributed by atoms with van der Waals surface area (Å²) in [6.45, 7) is 2.12. The van der Waals surface area contributed by atoms with Gasteiger partial charge in [0.2, 0.25) is 5.91 Å². The number of carbonyl (C=O) groups excluding carboxylic acids is 1. The van der Waals surface area contributed by atoms with Crippen LogP contribution in [0.3, 0.4) is 0 Å². The van der Waals surface area contributed by atoms with E-state index in [-0.39, 0.29) is 11.8 Å². The van der Waals surface area contributed by atoms with Gasteiger partial charge in [-0.25, -0.2) is 4.98 Å². The number of aromatic nitrogens is 1. The van der Waals surface area contributed by atoms with E-state index in [1.54, 1.807) is 18.4 Å². The van der Waals surface area contributed by atoms with Crippen molar-refractivity contribution in [1.82, 2.24) is 10.3 Å². The molecule has 134 valence electrons. The number of fused-ring (bicyclic) bond motifs is 1. The van der Waals surface area contributed by atoms with Gasteiger partial charge in [0.15, 0.2) is 5.13 Å². The van der Waals surface area contributed by atoms with E-state index in [0.29, 0.717) is 6.54 Å². The van der Waals surface area contributed by atoms with Gasteiger partial charge in [0.05, 0.1) is 17.7 Å². The van der Waals surface area contributed by atoms with Crippen molar-refractivity contribution in [2.75, 3.05) is 31.6 Å². The monoisotopic (exact) mass is 367 g/mol. The molecule has 26 heavy (non-hydrogen) atoms. The fourth-order valence-corrected chi connectivity index (χ4v) is 4.13. The number of nitrogens with zero attached hydrogens (tertiary/aromatic N) is 2. The summed E-state index contributed by atoms with van der Waals surface area (Å²) < 4.78 is 6.48. The zero-order valence-electron chi connectivity index (χ0n) is 14.6. The molecule has 0 atom stereocenters. The van der Waals surface area contributed by atoms with Crippen molar-refractivity contribution >= 4 is 32.6 Å². The van der Waals surface area contributed by atoms with Crippen LogP contribution < -0.4 is 15.0 Å². The predicted octanol–water partition coefficient (Wildman–Crippen LogP) is 3.10. The number of hydrogen-bond acceptors (Lipinski definition) is 5. The van der Waals surface area contributed by atoms with Crippen molar-refractivity contribution in [3.05, 3.63) is 54.1 Å². The first-order valence-electron chi connectivity index (χ1n) is 8.74. The molecule has 1 N–H and O–H groups in total. The minimum absolute atomic E-state index is 0.0414. The van der Waals surface area contributed by atoms with E-state index < -0.39 is 0 Å². The molecule has 3 aromatic rings. The maximum Gasteiger partial charge on any atom is 0.226 e. The molecule has 0 bridgehead atoms. The average Bonchev–Trinajstić information content (AvgIpc) is 3.05. The van der Waals surface area contributed by atoms with Crippen LogP contribution in [0.4, 0.5) is 5.13 Å². The van der Waals surface area contributed by atoms with Crippen LogP contribution in [0.15, 0.2) is 48.5 Å². The van der Waals surface area contributed by atoms with Crippen LogP contribution in [-0.4, -0.2) is 37.6 Å². The van der Waals surface area contributed by atoms with Gasteiger partial charge in [-0.3, -0.25) is 4.79 Å². The maximum absolute atomic E-state index is 12.3. The van der Waals surface area contributed by atoms with Crippen molar-refractivity contribution < 1.29 is 9.53 Å². The van der Waals surface area contributed by atoms with Crippen LogP contribution >= 0.6 is 11.3 Å². The second-order valence-electron chi connectivity index (χ2n) is 6.43. The summed E-state index contributed by atoms with van der Waals surface area (Å²) >= 11 is 1.64. The van der Waals surface area contributed by atoms with E-state index >= 15 is 0 Å². The normalized spacial score (nSPS) is 14.3. The van der Waals surface area contributed by atoms with Crippen LogP contribution in [-0.2, 0) is 11.2 Å². The van der Waals surface area contributed by atoms with Gasteiger partial charge in [0.25, 0.3) is 0 Å². The molecule has 0 spiro atoms. The van der Waals surface area contributed by atoms with Gasteiger partial charge in [-0.2, -0.15) is 0 Å². The molecule has 1 aliphatic rings. The molecular formula is C20H21N3O2S. The number of nitrogens with one attached hydrogen (secondary N) is 1. The van der Waals surface area contributed by atoms with Crippen LogP contribution in [0.5, 0.6) is 5.75 Å². The summed E-state index contributed by atoms with van der Waals surface area (Å²) in [6.07, 6.45) is 0.862. The fraction of sp³-hybridized carbons (Fsp3) is 0.300. The van der Waals surface area contributed by atoms with Gasteiger partial charge in [-0.05, 0) is 24.1 Å². The number of rotatable bonds is 6. The first kappa shape index (κ1) is 16.8. The topological polar surface area (TPSA) is 54.5 Å². The zero-order chi connectivity index (χ0) is 17.9. The third kappa shape index (κ3) is 3.37. The third-order valence-electron chi connectivity index (χ3n) is 4.67. The lowest BCUT2D eigenvalue weighted by Gasteiger charge is -2.37. The Balaban J connectivity index is 1.30. The van der Waals surface area contributed by atoms with E-state index in [1.165, 1.54) is 5.56 Å². The number of ether oxygens (including phenoxy) is 1. The van der Waals surface area contributed by atoms with Crippen LogP contribution in [0.25, 0.3) is 10.2 Å². The molecule has 4 rings (SSSR count). The number of amides is 1. The molecule has 1 aliphatic heterocycles. The number of benzene rings is 2. The van der Waals surface area contributed by atoms with Gasteiger partial charge >= 0.3 is 0 Å². The van der Waals surface area contributed by atoms with Crippen molar-refractivity contribution in [1.29, 1.82) is 0 Å². The van der Waals surface area contributed by atoms with Gasteiger partial charge in [0.1, 0.15) is 11.3 Å². The Bertz CT molecular complexity index is 904. The molecule has 0 unspecified atom stereocenters. The third-order valence-corrected chi connectivity index (χ3v) is 5.75. The van der Waals surface area contributed by atoms with Crippen LogP contribution in [0, 0.1) is 5.92 Å². The molecule has 1 aromatic heterocycles. The number of anilines is 1. The zero-order valence-corrected chi connectivity index (χ0v) is 15.5. The highest BCUT2D eigenvalue weighted by Gasteiger charge is 2.34. The molecule has 1 fully saturated rings. The number of hydrogen-bond donors (Lipinski definition) is 1. The summed E-state index contributed by atoms with van der Waals surface area (Å²) in [4.78, 5) is 19.1. The highest BCUT2D eigenvalue weighted by Crippen LogP contribution is 2.36. The lowest BCUT2D eigenvalue weighted by molar-refractivity contribution is -0.125. The van der Waals surface area contributed by atoms with Gasteiger partial charge in [-0.1, -0.05) is 47.7 Å². The molecule has 0 aliphatic carbocycles.